The molecule has 1 fully saturated rings. The largest absolute Gasteiger partial charge is 0.465 e. The van der Waals surface area contributed by atoms with E-state index in [9.17, 15) is 9.59 Å². The molecule has 0 spiro atoms. The fourth-order valence-electron chi connectivity index (χ4n) is 2.01. The first-order chi connectivity index (χ1) is 9.61. The van der Waals surface area contributed by atoms with E-state index in [-0.39, 0.29) is 11.9 Å². The molecule has 1 atom stereocenters. The number of carbonyl (C=O) groups excluding carboxylic acids is 2. The number of hydrogen-bond donors (Lipinski definition) is 2. The van der Waals surface area contributed by atoms with Crippen LogP contribution in [-0.2, 0) is 9.53 Å². The molecule has 2 rings (SSSR count). The zero-order chi connectivity index (χ0) is 14.5. The Morgan fingerprint density at radius 2 is 2.35 bits per heavy atom. The fourth-order valence-corrected chi connectivity index (χ4v) is 3.88. The Morgan fingerprint density at radius 3 is 3.00 bits per heavy atom. The predicted octanol–water partition coefficient (Wildman–Crippen LogP) is 1.88. The predicted molar refractivity (Wildman–Crippen MR) is 82.8 cm³/mol. The van der Waals surface area contributed by atoms with Crippen LogP contribution < -0.4 is 10.6 Å². The molecular weight excluding hydrogens is 296 g/mol. The molecule has 7 heteroatoms. The van der Waals surface area contributed by atoms with E-state index in [1.807, 2.05) is 24.1 Å². The van der Waals surface area contributed by atoms with Crippen LogP contribution in [0.15, 0.2) is 5.38 Å². The summed E-state index contributed by atoms with van der Waals surface area (Å²) in [7, 11) is 1.34. The van der Waals surface area contributed by atoms with Crippen molar-refractivity contribution in [2.45, 2.75) is 19.4 Å². The molecule has 0 radical (unpaired) electrons. The first kappa shape index (κ1) is 15.3. The molecule has 1 aromatic heterocycles. The Morgan fingerprint density at radius 1 is 1.55 bits per heavy atom. The van der Waals surface area contributed by atoms with Gasteiger partial charge in [0.2, 0.25) is 5.91 Å². The molecule has 0 aromatic carbocycles. The average molecular weight is 314 g/mol. The van der Waals surface area contributed by atoms with Crippen LogP contribution in [0.25, 0.3) is 0 Å². The lowest BCUT2D eigenvalue weighted by atomic mass is 10.2. The quantitative estimate of drug-likeness (QED) is 0.831. The van der Waals surface area contributed by atoms with Gasteiger partial charge in [0.25, 0.3) is 0 Å². The number of anilines is 1. The van der Waals surface area contributed by atoms with Crippen LogP contribution in [0.3, 0.4) is 0 Å². The highest BCUT2D eigenvalue weighted by Gasteiger charge is 2.21. The first-order valence-electron chi connectivity index (χ1n) is 6.39. The van der Waals surface area contributed by atoms with Crippen LogP contribution in [0.1, 0.15) is 21.7 Å². The van der Waals surface area contributed by atoms with Crippen molar-refractivity contribution in [2.24, 2.45) is 0 Å². The normalized spacial score (nSPS) is 18.6. The number of esters is 1. The van der Waals surface area contributed by atoms with E-state index in [4.69, 9.17) is 4.74 Å². The Kier molecular flexibility index (Phi) is 5.45. The van der Waals surface area contributed by atoms with Crippen molar-refractivity contribution >= 4 is 40.7 Å². The maximum absolute atomic E-state index is 12.1. The maximum atomic E-state index is 12.1. The van der Waals surface area contributed by atoms with Crippen molar-refractivity contribution in [1.82, 2.24) is 5.32 Å². The Bertz CT molecular complexity index is 496. The van der Waals surface area contributed by atoms with E-state index in [0.29, 0.717) is 17.0 Å². The number of thioether (sulfide) groups is 1. The number of aryl methyl sites for hydroxylation is 1. The summed E-state index contributed by atoms with van der Waals surface area (Å²) in [4.78, 5) is 24.2. The van der Waals surface area contributed by atoms with Gasteiger partial charge in [-0.3, -0.25) is 4.79 Å². The lowest BCUT2D eigenvalue weighted by Crippen LogP contribution is -2.40. The fraction of sp³-hybridized carbons (Fsp3) is 0.538. The number of thiophene rings is 1. The highest BCUT2D eigenvalue weighted by Crippen LogP contribution is 2.28. The number of ether oxygens (including phenoxy) is 1. The summed E-state index contributed by atoms with van der Waals surface area (Å²) < 4.78 is 4.73. The van der Waals surface area contributed by atoms with Crippen molar-refractivity contribution in [2.75, 3.05) is 30.5 Å². The number of hydrogen-bond acceptors (Lipinski definition) is 6. The molecule has 2 heterocycles. The molecule has 1 unspecified atom stereocenters. The van der Waals surface area contributed by atoms with Crippen LogP contribution >= 0.6 is 23.1 Å². The molecule has 1 aliphatic rings. The molecule has 20 heavy (non-hydrogen) atoms. The third kappa shape index (κ3) is 3.74. The lowest BCUT2D eigenvalue weighted by molar-refractivity contribution is -0.116. The molecule has 1 amide bonds. The van der Waals surface area contributed by atoms with Gasteiger partial charge in [-0.2, -0.15) is 11.8 Å². The van der Waals surface area contributed by atoms with Gasteiger partial charge in [0.15, 0.2) is 0 Å². The van der Waals surface area contributed by atoms with Gasteiger partial charge in [0.1, 0.15) is 4.88 Å². The van der Waals surface area contributed by atoms with Gasteiger partial charge < -0.3 is 15.4 Å². The lowest BCUT2D eigenvalue weighted by Gasteiger charge is -2.22. The highest BCUT2D eigenvalue weighted by molar-refractivity contribution is 7.99. The molecule has 2 N–H and O–H groups in total. The Labute approximate surface area is 126 Å². The van der Waals surface area contributed by atoms with E-state index >= 15 is 0 Å². The van der Waals surface area contributed by atoms with Crippen molar-refractivity contribution in [3.63, 3.8) is 0 Å². The van der Waals surface area contributed by atoms with E-state index in [2.05, 4.69) is 10.6 Å². The summed E-state index contributed by atoms with van der Waals surface area (Å²) >= 11 is 3.14. The summed E-state index contributed by atoms with van der Waals surface area (Å²) in [5.41, 5.74) is 1.46. The van der Waals surface area contributed by atoms with Gasteiger partial charge in [-0.05, 0) is 17.9 Å². The second-order valence-electron chi connectivity index (χ2n) is 4.59. The van der Waals surface area contributed by atoms with Gasteiger partial charge in [0, 0.05) is 30.5 Å². The Balaban J connectivity index is 2.00. The second-order valence-corrected chi connectivity index (χ2v) is 6.62. The van der Waals surface area contributed by atoms with Crippen LogP contribution in [0.2, 0.25) is 0 Å². The molecule has 1 saturated heterocycles. The molecular formula is C13H18N2O3S2. The topological polar surface area (TPSA) is 67.4 Å². The van der Waals surface area contributed by atoms with Gasteiger partial charge in [-0.1, -0.05) is 0 Å². The molecule has 0 bridgehead atoms. The summed E-state index contributed by atoms with van der Waals surface area (Å²) in [5.74, 6) is 1.55. The summed E-state index contributed by atoms with van der Waals surface area (Å²) in [6, 6.07) is 0.203. The van der Waals surface area contributed by atoms with Gasteiger partial charge in [0.05, 0.1) is 12.8 Å². The molecule has 5 nitrogen and oxygen atoms in total. The van der Waals surface area contributed by atoms with Crippen molar-refractivity contribution in [3.8, 4) is 0 Å². The van der Waals surface area contributed by atoms with Crippen molar-refractivity contribution in [3.05, 3.63) is 15.8 Å². The number of methoxy groups -OCH3 is 1. The number of nitrogens with one attached hydrogen (secondary N) is 2. The summed E-state index contributed by atoms with van der Waals surface area (Å²) in [5, 5.41) is 8.01. The zero-order valence-electron chi connectivity index (χ0n) is 11.5. The monoisotopic (exact) mass is 314 g/mol. The molecule has 110 valence electrons. The number of carbonyl (C=O) groups is 2. The molecule has 0 saturated carbocycles. The van der Waals surface area contributed by atoms with Gasteiger partial charge in [-0.15, -0.1) is 11.3 Å². The standard InChI is InChI=1S/C13H18N2O3S2/c1-8-6-20-12(13(17)18-2)11(8)15-10(16)5-9-7-19-4-3-14-9/h6,9,14H,3-5,7H2,1-2H3,(H,15,16). The maximum Gasteiger partial charge on any atom is 0.350 e. The molecule has 1 aliphatic heterocycles. The van der Waals surface area contributed by atoms with Gasteiger partial charge in [-0.25, -0.2) is 4.79 Å². The third-order valence-corrected chi connectivity index (χ3v) is 5.25. The van der Waals surface area contributed by atoms with Crippen LogP contribution in [0.4, 0.5) is 5.69 Å². The smallest absolute Gasteiger partial charge is 0.350 e. The van der Waals surface area contributed by atoms with E-state index < -0.39 is 5.97 Å². The van der Waals surface area contributed by atoms with Crippen molar-refractivity contribution < 1.29 is 14.3 Å². The van der Waals surface area contributed by atoms with E-state index in [1.165, 1.54) is 18.4 Å². The zero-order valence-corrected chi connectivity index (χ0v) is 13.2. The van der Waals surface area contributed by atoms with Crippen LogP contribution in [0, 0.1) is 6.92 Å². The number of rotatable bonds is 4. The minimum absolute atomic E-state index is 0.0725. The van der Waals surface area contributed by atoms with Gasteiger partial charge >= 0.3 is 5.97 Å². The minimum atomic E-state index is -0.412. The van der Waals surface area contributed by atoms with E-state index in [1.54, 1.807) is 0 Å². The Hall–Kier alpha value is -1.05. The summed E-state index contributed by atoms with van der Waals surface area (Å²) in [6.07, 6.45) is 0.420. The minimum Gasteiger partial charge on any atom is -0.465 e. The summed E-state index contributed by atoms with van der Waals surface area (Å²) in [6.45, 7) is 2.81. The second kappa shape index (κ2) is 7.10. The SMILES string of the molecule is COC(=O)c1scc(C)c1NC(=O)CC1CSCCN1. The highest BCUT2D eigenvalue weighted by atomic mass is 32.2. The first-order valence-corrected chi connectivity index (χ1v) is 8.42. The van der Waals surface area contributed by atoms with Crippen molar-refractivity contribution in [1.29, 1.82) is 0 Å². The van der Waals surface area contributed by atoms with Crippen LogP contribution in [0.5, 0.6) is 0 Å². The molecule has 1 aromatic rings. The average Bonchev–Trinajstić information content (AvgIpc) is 2.80. The third-order valence-electron chi connectivity index (χ3n) is 3.04. The number of amides is 1. The van der Waals surface area contributed by atoms with Crippen LogP contribution in [-0.4, -0.2) is 43.1 Å². The molecule has 0 aliphatic carbocycles. The van der Waals surface area contributed by atoms with E-state index in [0.717, 1.165) is 23.6 Å².